The zero-order valence-corrected chi connectivity index (χ0v) is 15.1. The predicted octanol–water partition coefficient (Wildman–Crippen LogP) is 3.23. The molecule has 1 aliphatic rings. The highest BCUT2D eigenvalue weighted by molar-refractivity contribution is 5.67. The van der Waals surface area contributed by atoms with E-state index in [1.807, 2.05) is 20.8 Å². The summed E-state index contributed by atoms with van der Waals surface area (Å²) < 4.78 is 11.1. The molecule has 0 radical (unpaired) electrons. The van der Waals surface area contributed by atoms with Gasteiger partial charge in [-0.1, -0.05) is 13.3 Å². The van der Waals surface area contributed by atoms with Gasteiger partial charge in [-0.15, -0.1) is 0 Å². The van der Waals surface area contributed by atoms with E-state index in [9.17, 15) is 4.79 Å². The molecule has 0 aromatic heterocycles. The summed E-state index contributed by atoms with van der Waals surface area (Å²) in [6, 6.07) is 0.720. The van der Waals surface area contributed by atoms with E-state index in [-0.39, 0.29) is 17.7 Å². The first-order valence-corrected chi connectivity index (χ1v) is 8.48. The first-order valence-electron chi connectivity index (χ1n) is 8.48. The van der Waals surface area contributed by atoms with E-state index in [1.165, 1.54) is 0 Å². The third kappa shape index (κ3) is 7.99. The zero-order valence-electron chi connectivity index (χ0n) is 15.1. The Kier molecular flexibility index (Phi) is 7.13. The summed E-state index contributed by atoms with van der Waals surface area (Å²) in [5.74, 6) is 0. The summed E-state index contributed by atoms with van der Waals surface area (Å²) in [6.45, 7) is 13.4. The molecule has 1 fully saturated rings. The molecule has 130 valence electrons. The van der Waals surface area contributed by atoms with Gasteiger partial charge in [0.2, 0.25) is 0 Å². The number of rotatable bonds is 6. The number of nitrogens with one attached hydrogen (secondary N) is 2. The van der Waals surface area contributed by atoms with Crippen LogP contribution in [-0.2, 0) is 9.47 Å². The van der Waals surface area contributed by atoms with Crippen LogP contribution < -0.4 is 10.6 Å². The zero-order chi connectivity index (χ0) is 16.8. The molecule has 0 saturated carbocycles. The Morgan fingerprint density at radius 3 is 2.64 bits per heavy atom. The lowest BCUT2D eigenvalue weighted by Gasteiger charge is -2.37. The fraction of sp³-hybridized carbons (Fsp3) is 0.941. The minimum absolute atomic E-state index is 0.0642. The van der Waals surface area contributed by atoms with E-state index in [0.717, 1.165) is 32.3 Å². The van der Waals surface area contributed by atoms with Crippen molar-refractivity contribution >= 4 is 6.09 Å². The Morgan fingerprint density at radius 1 is 1.41 bits per heavy atom. The second kappa shape index (κ2) is 8.16. The number of ether oxygens (including phenoxy) is 2. The third-order valence-corrected chi connectivity index (χ3v) is 3.70. The maximum absolute atomic E-state index is 11.8. The third-order valence-electron chi connectivity index (χ3n) is 3.70. The monoisotopic (exact) mass is 314 g/mol. The average molecular weight is 314 g/mol. The molecule has 0 aliphatic carbocycles. The van der Waals surface area contributed by atoms with Gasteiger partial charge in [0.1, 0.15) is 5.60 Å². The van der Waals surface area contributed by atoms with Crippen LogP contribution in [0.1, 0.15) is 67.2 Å². The average Bonchev–Trinajstić information content (AvgIpc) is 2.33. The molecule has 1 heterocycles. The number of carbonyl (C=O) groups is 1. The van der Waals surface area contributed by atoms with E-state index in [1.54, 1.807) is 0 Å². The normalized spacial score (nSPS) is 22.9. The second-order valence-electron chi connectivity index (χ2n) is 7.83. The molecule has 0 spiro atoms. The standard InChI is InChI=1S/C17H34N2O3/c1-7-8-14(12-18-15(20)22-16(2,3)4)19-13-9-10-21-17(5,6)11-13/h13-14,19H,7-12H2,1-6H3,(H,18,20). The van der Waals surface area contributed by atoms with Gasteiger partial charge in [0.25, 0.3) is 0 Å². The van der Waals surface area contributed by atoms with Crippen LogP contribution in [0.4, 0.5) is 4.79 Å². The SMILES string of the molecule is CCCC(CNC(=O)OC(C)(C)C)NC1CCOC(C)(C)C1. The Hall–Kier alpha value is -0.810. The van der Waals surface area contributed by atoms with Crippen LogP contribution in [-0.4, -0.2) is 42.5 Å². The number of amides is 1. The Bertz CT molecular complexity index is 350. The molecule has 2 atom stereocenters. The molecule has 0 aromatic carbocycles. The summed E-state index contributed by atoms with van der Waals surface area (Å²) in [5.41, 5.74) is -0.520. The van der Waals surface area contributed by atoms with Crippen molar-refractivity contribution in [3.63, 3.8) is 0 Å². The summed E-state index contributed by atoms with van der Waals surface area (Å²) >= 11 is 0. The number of carbonyl (C=O) groups excluding carboxylic acids is 1. The van der Waals surface area contributed by atoms with Crippen LogP contribution in [0.2, 0.25) is 0 Å². The molecule has 1 saturated heterocycles. The molecular formula is C17H34N2O3. The largest absolute Gasteiger partial charge is 0.444 e. The Labute approximate surface area is 135 Å². The lowest BCUT2D eigenvalue weighted by atomic mass is 9.93. The summed E-state index contributed by atoms with van der Waals surface area (Å²) in [6.07, 6.45) is 3.80. The van der Waals surface area contributed by atoms with Gasteiger partial charge in [0.05, 0.1) is 5.60 Å². The topological polar surface area (TPSA) is 59.6 Å². The van der Waals surface area contributed by atoms with Crippen molar-refractivity contribution in [3.05, 3.63) is 0 Å². The van der Waals surface area contributed by atoms with Gasteiger partial charge in [0, 0.05) is 25.2 Å². The van der Waals surface area contributed by atoms with Gasteiger partial charge in [-0.3, -0.25) is 0 Å². The van der Waals surface area contributed by atoms with E-state index < -0.39 is 5.60 Å². The van der Waals surface area contributed by atoms with Crippen LogP contribution in [0.5, 0.6) is 0 Å². The van der Waals surface area contributed by atoms with Crippen LogP contribution >= 0.6 is 0 Å². The molecule has 5 nitrogen and oxygen atoms in total. The summed E-state index contributed by atoms with van der Waals surface area (Å²) in [5, 5.41) is 6.56. The van der Waals surface area contributed by atoms with Crippen molar-refractivity contribution in [2.24, 2.45) is 0 Å². The molecule has 1 amide bonds. The van der Waals surface area contributed by atoms with Crippen molar-refractivity contribution in [1.82, 2.24) is 10.6 Å². The van der Waals surface area contributed by atoms with Crippen LogP contribution in [0.25, 0.3) is 0 Å². The fourth-order valence-corrected chi connectivity index (χ4v) is 2.82. The van der Waals surface area contributed by atoms with Crippen LogP contribution in [0.3, 0.4) is 0 Å². The van der Waals surface area contributed by atoms with Crippen LogP contribution in [0.15, 0.2) is 0 Å². The van der Waals surface area contributed by atoms with Crippen molar-refractivity contribution in [3.8, 4) is 0 Å². The fourth-order valence-electron chi connectivity index (χ4n) is 2.82. The molecule has 0 aromatic rings. The van der Waals surface area contributed by atoms with Crippen LogP contribution in [0, 0.1) is 0 Å². The predicted molar refractivity (Wildman–Crippen MR) is 89.1 cm³/mol. The Balaban J connectivity index is 2.43. The number of hydrogen-bond donors (Lipinski definition) is 2. The summed E-state index contributed by atoms with van der Waals surface area (Å²) in [7, 11) is 0. The van der Waals surface area contributed by atoms with Gasteiger partial charge in [0.15, 0.2) is 0 Å². The quantitative estimate of drug-likeness (QED) is 0.790. The molecule has 5 heteroatoms. The number of hydrogen-bond acceptors (Lipinski definition) is 4. The van der Waals surface area contributed by atoms with Gasteiger partial charge >= 0.3 is 6.09 Å². The number of alkyl carbamates (subject to hydrolysis) is 1. The van der Waals surface area contributed by atoms with Crippen molar-refractivity contribution in [2.75, 3.05) is 13.2 Å². The van der Waals surface area contributed by atoms with Gasteiger partial charge in [-0.25, -0.2) is 4.79 Å². The highest BCUT2D eigenvalue weighted by atomic mass is 16.6. The first-order chi connectivity index (χ1) is 10.1. The van der Waals surface area contributed by atoms with Crippen molar-refractivity contribution in [2.45, 2.75) is 90.5 Å². The minimum atomic E-state index is -0.456. The Morgan fingerprint density at radius 2 is 2.09 bits per heavy atom. The highest BCUT2D eigenvalue weighted by Gasteiger charge is 2.30. The molecule has 1 aliphatic heterocycles. The maximum Gasteiger partial charge on any atom is 0.407 e. The molecule has 1 rings (SSSR count). The van der Waals surface area contributed by atoms with Crippen molar-refractivity contribution in [1.29, 1.82) is 0 Å². The molecule has 2 unspecified atom stereocenters. The molecule has 22 heavy (non-hydrogen) atoms. The molecule has 2 N–H and O–H groups in total. The van der Waals surface area contributed by atoms with Gasteiger partial charge in [-0.2, -0.15) is 0 Å². The van der Waals surface area contributed by atoms with E-state index >= 15 is 0 Å². The smallest absolute Gasteiger partial charge is 0.407 e. The molecule has 0 bridgehead atoms. The van der Waals surface area contributed by atoms with E-state index in [2.05, 4.69) is 31.4 Å². The maximum atomic E-state index is 11.8. The van der Waals surface area contributed by atoms with E-state index in [4.69, 9.17) is 9.47 Å². The minimum Gasteiger partial charge on any atom is -0.444 e. The summed E-state index contributed by atoms with van der Waals surface area (Å²) in [4.78, 5) is 11.8. The van der Waals surface area contributed by atoms with Gasteiger partial charge < -0.3 is 20.1 Å². The van der Waals surface area contributed by atoms with Crippen molar-refractivity contribution < 1.29 is 14.3 Å². The lowest BCUT2D eigenvalue weighted by molar-refractivity contribution is -0.0642. The first kappa shape index (κ1) is 19.2. The highest BCUT2D eigenvalue weighted by Crippen LogP contribution is 2.24. The second-order valence-corrected chi connectivity index (χ2v) is 7.83. The van der Waals surface area contributed by atoms with Gasteiger partial charge in [-0.05, 0) is 53.9 Å². The van der Waals surface area contributed by atoms with E-state index in [0.29, 0.717) is 12.6 Å². The molecular weight excluding hydrogens is 280 g/mol. The lowest BCUT2D eigenvalue weighted by Crippen LogP contribution is -2.50.